The number of piperidine rings is 1. The number of ether oxygens (including phenoxy) is 1. The van der Waals surface area contributed by atoms with Crippen LogP contribution >= 0.6 is 0 Å². The van der Waals surface area contributed by atoms with Crippen molar-refractivity contribution >= 4 is 33.7 Å². The van der Waals surface area contributed by atoms with Gasteiger partial charge in [0.25, 0.3) is 0 Å². The van der Waals surface area contributed by atoms with Crippen molar-refractivity contribution in [3.8, 4) is 0 Å². The molecule has 0 aliphatic carbocycles. The summed E-state index contributed by atoms with van der Waals surface area (Å²) >= 11 is 0. The minimum absolute atomic E-state index is 0.0870. The molecule has 1 heterocycles. The van der Waals surface area contributed by atoms with Gasteiger partial charge >= 0.3 is 18.1 Å². The van der Waals surface area contributed by atoms with Crippen molar-refractivity contribution in [2.75, 3.05) is 13.2 Å². The van der Waals surface area contributed by atoms with Crippen LogP contribution in [0.15, 0.2) is 53.4 Å². The van der Waals surface area contributed by atoms with Crippen molar-refractivity contribution in [1.29, 1.82) is 0 Å². The number of hydrogen-bond acceptors (Lipinski definition) is 7. The third-order valence-electron chi connectivity index (χ3n) is 6.29. The van der Waals surface area contributed by atoms with E-state index in [0.29, 0.717) is 36.6 Å². The van der Waals surface area contributed by atoms with Gasteiger partial charge in [-0.3, -0.25) is 14.4 Å². The van der Waals surface area contributed by atoms with Gasteiger partial charge in [-0.15, -0.1) is 0 Å². The summed E-state index contributed by atoms with van der Waals surface area (Å²) in [6.45, 7) is 4.94. The molecule has 1 amide bonds. The predicted molar refractivity (Wildman–Crippen MR) is 145 cm³/mol. The van der Waals surface area contributed by atoms with Crippen LogP contribution in [0.1, 0.15) is 61.5 Å². The van der Waals surface area contributed by atoms with Crippen LogP contribution < -0.4 is 5.32 Å². The zero-order chi connectivity index (χ0) is 31.7. The maximum absolute atomic E-state index is 13.2. The van der Waals surface area contributed by atoms with E-state index in [1.165, 1.54) is 26.0 Å². The van der Waals surface area contributed by atoms with E-state index in [1.807, 2.05) is 0 Å². The monoisotopic (exact) mass is 614 g/mol. The zero-order valence-corrected chi connectivity index (χ0v) is 24.1. The quantitative estimate of drug-likeness (QED) is 0.320. The number of ketones is 1. The van der Waals surface area contributed by atoms with Gasteiger partial charge < -0.3 is 15.2 Å². The van der Waals surface area contributed by atoms with Crippen molar-refractivity contribution < 1.29 is 50.6 Å². The van der Waals surface area contributed by atoms with Crippen LogP contribution in [0.4, 0.5) is 13.2 Å². The number of nitrogens with zero attached hydrogens (tertiary/aromatic N) is 1. The van der Waals surface area contributed by atoms with Crippen LogP contribution in [-0.2, 0) is 41.7 Å². The smallest absolute Gasteiger partial charge is 0.416 e. The highest BCUT2D eigenvalue weighted by Gasteiger charge is 2.40. The maximum Gasteiger partial charge on any atom is 0.416 e. The molecule has 230 valence electrons. The molecule has 10 nitrogen and oxygen atoms in total. The van der Waals surface area contributed by atoms with Crippen LogP contribution in [0.2, 0.25) is 0 Å². The molecule has 2 aromatic carbocycles. The van der Waals surface area contributed by atoms with Gasteiger partial charge in [0.15, 0.2) is 5.78 Å². The van der Waals surface area contributed by atoms with E-state index in [0.717, 1.165) is 22.5 Å². The third kappa shape index (κ3) is 9.65. The van der Waals surface area contributed by atoms with E-state index >= 15 is 0 Å². The van der Waals surface area contributed by atoms with Crippen molar-refractivity contribution in [3.63, 3.8) is 0 Å². The number of carboxylic acid groups (broad SMARTS) is 1. The first-order valence-electron chi connectivity index (χ1n) is 13.0. The SMILES string of the molecule is CC(=O)c1ccc(C[C@H](NC(=O)[C@@H]2CCCCN2S(=O)(=O)c2cccc(C(F)(F)F)c2)C(=O)O)cc1.CCOC(C)=O. The van der Waals surface area contributed by atoms with E-state index in [-0.39, 0.29) is 31.1 Å². The molecule has 0 unspecified atom stereocenters. The summed E-state index contributed by atoms with van der Waals surface area (Å²) in [5.74, 6) is -2.57. The summed E-state index contributed by atoms with van der Waals surface area (Å²) in [5, 5.41) is 12.0. The number of Topliss-reactive ketones (excluding diaryl/α,β-unsaturated/α-hetero) is 1. The molecule has 2 aromatic rings. The molecule has 1 fully saturated rings. The Morgan fingerprint density at radius 1 is 1.07 bits per heavy atom. The molecule has 2 N–H and O–H groups in total. The van der Waals surface area contributed by atoms with E-state index in [9.17, 15) is 45.9 Å². The number of carboxylic acids is 1. The van der Waals surface area contributed by atoms with Gasteiger partial charge in [-0.05, 0) is 50.5 Å². The number of halogens is 3. The second-order valence-electron chi connectivity index (χ2n) is 9.43. The Hall–Kier alpha value is -3.78. The zero-order valence-electron chi connectivity index (χ0n) is 23.3. The molecular weight excluding hydrogens is 581 g/mol. The lowest BCUT2D eigenvalue weighted by molar-refractivity contribution is -0.142. The Morgan fingerprint density at radius 3 is 2.21 bits per heavy atom. The average Bonchev–Trinajstić information content (AvgIpc) is 2.92. The van der Waals surface area contributed by atoms with Crippen molar-refractivity contribution in [2.45, 2.75) is 69.6 Å². The summed E-state index contributed by atoms with van der Waals surface area (Å²) in [7, 11) is -4.47. The van der Waals surface area contributed by atoms with E-state index in [4.69, 9.17) is 0 Å². The topological polar surface area (TPSA) is 147 Å². The number of carbonyl (C=O) groups excluding carboxylic acids is 3. The second kappa shape index (κ2) is 14.9. The lowest BCUT2D eigenvalue weighted by Crippen LogP contribution is -2.55. The fourth-order valence-electron chi connectivity index (χ4n) is 4.21. The van der Waals surface area contributed by atoms with Gasteiger partial charge in [-0.1, -0.05) is 36.8 Å². The van der Waals surface area contributed by atoms with E-state index in [2.05, 4.69) is 10.1 Å². The number of aliphatic carboxylic acids is 1. The third-order valence-corrected chi connectivity index (χ3v) is 8.19. The average molecular weight is 615 g/mol. The molecule has 3 rings (SSSR count). The largest absolute Gasteiger partial charge is 0.480 e. The molecule has 0 bridgehead atoms. The Kier molecular flexibility index (Phi) is 12.2. The Labute approximate surface area is 241 Å². The summed E-state index contributed by atoms with van der Waals surface area (Å²) < 4.78 is 71.0. The number of rotatable bonds is 9. The van der Waals surface area contributed by atoms with Crippen LogP contribution in [0.5, 0.6) is 0 Å². The number of carbonyl (C=O) groups is 4. The highest BCUT2D eigenvalue weighted by Crippen LogP contribution is 2.32. The van der Waals surface area contributed by atoms with Crippen LogP contribution in [-0.4, -0.2) is 66.7 Å². The molecule has 1 saturated heterocycles. The Morgan fingerprint density at radius 2 is 1.71 bits per heavy atom. The molecule has 0 radical (unpaired) electrons. The Bertz CT molecular complexity index is 1380. The molecule has 0 aromatic heterocycles. The molecule has 0 saturated carbocycles. The minimum atomic E-state index is -4.75. The van der Waals surface area contributed by atoms with Crippen molar-refractivity contribution in [1.82, 2.24) is 9.62 Å². The summed E-state index contributed by atoms with van der Waals surface area (Å²) in [6, 6.07) is 6.79. The lowest BCUT2D eigenvalue weighted by Gasteiger charge is -2.34. The molecule has 2 atom stereocenters. The van der Waals surface area contributed by atoms with Crippen molar-refractivity contribution in [3.05, 3.63) is 65.2 Å². The summed E-state index contributed by atoms with van der Waals surface area (Å²) in [4.78, 5) is 45.5. The first-order valence-corrected chi connectivity index (χ1v) is 14.5. The molecule has 42 heavy (non-hydrogen) atoms. The molecular formula is C28H33F3N2O8S. The molecule has 14 heteroatoms. The van der Waals surface area contributed by atoms with Gasteiger partial charge in [-0.25, -0.2) is 13.2 Å². The van der Waals surface area contributed by atoms with Gasteiger partial charge in [0, 0.05) is 25.5 Å². The fourth-order valence-corrected chi connectivity index (χ4v) is 5.91. The van der Waals surface area contributed by atoms with E-state index in [1.54, 1.807) is 19.1 Å². The van der Waals surface area contributed by atoms with E-state index < -0.39 is 50.6 Å². The summed E-state index contributed by atoms with van der Waals surface area (Å²) in [5.41, 5.74) is -0.166. The van der Waals surface area contributed by atoms with Gasteiger partial charge in [-0.2, -0.15) is 17.5 Å². The highest BCUT2D eigenvalue weighted by molar-refractivity contribution is 7.89. The van der Waals surface area contributed by atoms with Crippen LogP contribution in [0.3, 0.4) is 0 Å². The Balaban J connectivity index is 0.000000928. The fraction of sp³-hybridized carbons (Fsp3) is 0.429. The van der Waals surface area contributed by atoms with Gasteiger partial charge in [0.2, 0.25) is 15.9 Å². The van der Waals surface area contributed by atoms with Gasteiger partial charge in [0.1, 0.15) is 12.1 Å². The first-order chi connectivity index (χ1) is 19.6. The molecule has 1 aliphatic heterocycles. The summed E-state index contributed by atoms with van der Waals surface area (Å²) in [6.07, 6.45) is -3.90. The molecule has 0 spiro atoms. The first kappa shape index (κ1) is 34.4. The predicted octanol–water partition coefficient (Wildman–Crippen LogP) is 3.83. The number of alkyl halides is 3. The maximum atomic E-state index is 13.2. The highest BCUT2D eigenvalue weighted by atomic mass is 32.2. The second-order valence-corrected chi connectivity index (χ2v) is 11.3. The normalized spacial score (nSPS) is 16.4. The molecule has 1 aliphatic rings. The number of hydrogen-bond donors (Lipinski definition) is 2. The number of esters is 1. The number of benzene rings is 2. The van der Waals surface area contributed by atoms with Crippen LogP contribution in [0, 0.1) is 0 Å². The van der Waals surface area contributed by atoms with Crippen molar-refractivity contribution in [2.24, 2.45) is 0 Å². The minimum Gasteiger partial charge on any atom is -0.480 e. The standard InChI is InChI=1S/C24H25F3N2O6S.C4H8O2/c1-15(30)17-10-8-16(9-11-17)13-20(23(32)33)28-22(31)21-7-2-3-12-29(21)36(34,35)19-6-4-5-18(14-19)24(25,26)27;1-3-6-4(2)5/h4-6,8-11,14,20-21H,2-3,7,12-13H2,1H3,(H,28,31)(H,32,33);3H2,1-2H3/t20-,21-;/m0./s1. The number of amides is 1. The van der Waals surface area contributed by atoms with Crippen LogP contribution in [0.25, 0.3) is 0 Å². The number of nitrogens with one attached hydrogen (secondary N) is 1. The lowest BCUT2D eigenvalue weighted by atomic mass is 10.0. The number of sulfonamides is 1. The van der Waals surface area contributed by atoms with Gasteiger partial charge in [0.05, 0.1) is 17.1 Å².